The van der Waals surface area contributed by atoms with E-state index in [1.807, 2.05) is 24.3 Å². The van der Waals surface area contributed by atoms with Crippen molar-refractivity contribution in [3.05, 3.63) is 70.9 Å². The van der Waals surface area contributed by atoms with E-state index in [0.29, 0.717) is 5.56 Å². The fraction of sp³-hybridized carbons (Fsp3) is 0.238. The third-order valence-electron chi connectivity index (χ3n) is 4.47. The molecule has 2 aromatic carbocycles. The molecule has 23 heavy (non-hydrogen) atoms. The highest BCUT2D eigenvalue weighted by atomic mass is 32.1. The molecule has 1 heterocycles. The Morgan fingerprint density at radius 2 is 1.70 bits per heavy atom. The number of hydrogen-bond donors (Lipinski definition) is 0. The maximum Gasteiger partial charge on any atom is 0.132 e. The van der Waals surface area contributed by atoms with Crippen molar-refractivity contribution in [3.8, 4) is 21.6 Å². The van der Waals surface area contributed by atoms with Crippen molar-refractivity contribution in [1.82, 2.24) is 0 Å². The zero-order valence-electron chi connectivity index (χ0n) is 13.2. The van der Waals surface area contributed by atoms with Gasteiger partial charge in [-0.3, -0.25) is 0 Å². The molecule has 1 fully saturated rings. The van der Waals surface area contributed by atoms with Crippen LogP contribution in [0.2, 0.25) is 0 Å². The van der Waals surface area contributed by atoms with Crippen molar-refractivity contribution >= 4 is 11.3 Å². The maximum atomic E-state index is 14.6. The molecule has 0 radical (unpaired) electrons. The van der Waals surface area contributed by atoms with Crippen molar-refractivity contribution in [2.24, 2.45) is 5.92 Å². The van der Waals surface area contributed by atoms with E-state index < -0.39 is 0 Å². The van der Waals surface area contributed by atoms with E-state index in [4.69, 9.17) is 0 Å². The molecule has 0 atom stereocenters. The molecule has 116 valence electrons. The van der Waals surface area contributed by atoms with Gasteiger partial charge in [-0.1, -0.05) is 35.9 Å². The average Bonchev–Trinajstić information content (AvgIpc) is 3.24. The van der Waals surface area contributed by atoms with Gasteiger partial charge in [0.25, 0.3) is 0 Å². The molecule has 4 rings (SSSR count). The molecule has 0 saturated heterocycles. The summed E-state index contributed by atoms with van der Waals surface area (Å²) in [6.45, 7) is 2.06. The number of aryl methyl sites for hydroxylation is 1. The number of rotatable bonds is 4. The number of benzene rings is 2. The lowest BCUT2D eigenvalue weighted by molar-refractivity contribution is 0.632. The third-order valence-corrected chi connectivity index (χ3v) is 5.61. The summed E-state index contributed by atoms with van der Waals surface area (Å²) in [6.07, 6.45) is 3.87. The Kier molecular flexibility index (Phi) is 3.78. The van der Waals surface area contributed by atoms with Gasteiger partial charge in [0.15, 0.2) is 0 Å². The molecule has 0 amide bonds. The van der Waals surface area contributed by atoms with Crippen LogP contribution >= 0.6 is 11.3 Å². The second kappa shape index (κ2) is 5.93. The van der Waals surface area contributed by atoms with Crippen LogP contribution in [0, 0.1) is 18.7 Å². The number of hydrogen-bond acceptors (Lipinski definition) is 1. The van der Waals surface area contributed by atoms with Crippen LogP contribution in [0.25, 0.3) is 21.6 Å². The summed E-state index contributed by atoms with van der Waals surface area (Å²) in [5.41, 5.74) is 3.92. The first-order chi connectivity index (χ1) is 11.2. The standard InChI is InChI=1S/C21H19FS/c1-14-2-6-16(7-3-14)17-8-10-19(20(22)13-17)21-11-9-18(23-21)12-15-4-5-15/h2-3,6-11,13,15H,4-5,12H2,1H3. The maximum absolute atomic E-state index is 14.6. The normalized spacial score (nSPS) is 14.2. The molecule has 0 bridgehead atoms. The van der Waals surface area contributed by atoms with Gasteiger partial charge < -0.3 is 0 Å². The zero-order valence-corrected chi connectivity index (χ0v) is 14.0. The Balaban J connectivity index is 1.62. The largest absolute Gasteiger partial charge is 0.206 e. The highest BCUT2D eigenvalue weighted by Gasteiger charge is 2.22. The molecule has 0 unspecified atom stereocenters. The van der Waals surface area contributed by atoms with Crippen LogP contribution in [-0.4, -0.2) is 0 Å². The Hall–Kier alpha value is -1.93. The molecule has 1 aromatic heterocycles. The highest BCUT2D eigenvalue weighted by Crippen LogP contribution is 2.37. The van der Waals surface area contributed by atoms with Gasteiger partial charge in [0.2, 0.25) is 0 Å². The third kappa shape index (κ3) is 3.23. The molecular weight excluding hydrogens is 303 g/mol. The summed E-state index contributed by atoms with van der Waals surface area (Å²) in [5.74, 6) is 0.734. The van der Waals surface area contributed by atoms with Crippen molar-refractivity contribution in [2.45, 2.75) is 26.2 Å². The lowest BCUT2D eigenvalue weighted by Gasteiger charge is -2.06. The van der Waals surface area contributed by atoms with Crippen LogP contribution in [0.3, 0.4) is 0 Å². The molecule has 0 spiro atoms. The van der Waals surface area contributed by atoms with Crippen molar-refractivity contribution in [3.63, 3.8) is 0 Å². The highest BCUT2D eigenvalue weighted by molar-refractivity contribution is 7.15. The van der Waals surface area contributed by atoms with Gasteiger partial charge in [-0.05, 0) is 67.5 Å². The van der Waals surface area contributed by atoms with Gasteiger partial charge in [0.05, 0.1) is 0 Å². The first-order valence-electron chi connectivity index (χ1n) is 8.15. The molecule has 1 saturated carbocycles. The van der Waals surface area contributed by atoms with E-state index >= 15 is 0 Å². The lowest BCUT2D eigenvalue weighted by atomic mass is 10.0. The van der Waals surface area contributed by atoms with E-state index in [2.05, 4.69) is 31.2 Å². The minimum absolute atomic E-state index is 0.136. The van der Waals surface area contributed by atoms with Gasteiger partial charge in [0.1, 0.15) is 5.82 Å². The van der Waals surface area contributed by atoms with Crippen LogP contribution < -0.4 is 0 Å². The van der Waals surface area contributed by atoms with Gasteiger partial charge in [0, 0.05) is 15.3 Å². The molecule has 2 heteroatoms. The van der Waals surface area contributed by atoms with Crippen LogP contribution in [0.5, 0.6) is 0 Å². The van der Waals surface area contributed by atoms with E-state index in [-0.39, 0.29) is 5.82 Å². The quantitative estimate of drug-likeness (QED) is 0.515. The number of thiophene rings is 1. The Morgan fingerprint density at radius 3 is 2.39 bits per heavy atom. The van der Waals surface area contributed by atoms with Gasteiger partial charge >= 0.3 is 0 Å². The van der Waals surface area contributed by atoms with Crippen LogP contribution in [0.4, 0.5) is 4.39 Å². The summed E-state index contributed by atoms with van der Waals surface area (Å²) >= 11 is 1.73. The van der Waals surface area contributed by atoms with E-state index in [0.717, 1.165) is 28.3 Å². The monoisotopic (exact) mass is 322 g/mol. The molecule has 0 N–H and O–H groups in total. The fourth-order valence-electron chi connectivity index (χ4n) is 2.88. The topological polar surface area (TPSA) is 0 Å². The van der Waals surface area contributed by atoms with Gasteiger partial charge in [-0.25, -0.2) is 4.39 Å². The second-order valence-corrected chi connectivity index (χ2v) is 7.64. The molecule has 3 aromatic rings. The summed E-state index contributed by atoms with van der Waals surface area (Å²) in [7, 11) is 0. The fourth-order valence-corrected chi connectivity index (χ4v) is 4.03. The van der Waals surface area contributed by atoms with Crippen molar-refractivity contribution < 1.29 is 4.39 Å². The molecule has 1 aliphatic carbocycles. The predicted molar refractivity (Wildman–Crippen MR) is 96.3 cm³/mol. The molecular formula is C21H19FS. The predicted octanol–water partition coefficient (Wildman–Crippen LogP) is 6.48. The van der Waals surface area contributed by atoms with Crippen LogP contribution in [-0.2, 0) is 6.42 Å². The van der Waals surface area contributed by atoms with E-state index in [9.17, 15) is 4.39 Å². The van der Waals surface area contributed by atoms with Gasteiger partial charge in [-0.15, -0.1) is 11.3 Å². The lowest BCUT2D eigenvalue weighted by Crippen LogP contribution is -1.85. The minimum Gasteiger partial charge on any atom is -0.206 e. The Bertz CT molecular complexity index is 825. The summed E-state index contributed by atoms with van der Waals surface area (Å²) in [6, 6.07) is 18.0. The van der Waals surface area contributed by atoms with Crippen molar-refractivity contribution in [2.75, 3.05) is 0 Å². The summed E-state index contributed by atoms with van der Waals surface area (Å²) in [5, 5.41) is 0. The summed E-state index contributed by atoms with van der Waals surface area (Å²) in [4.78, 5) is 2.41. The molecule has 1 aliphatic rings. The second-order valence-electron chi connectivity index (χ2n) is 6.47. The molecule has 0 aliphatic heterocycles. The van der Waals surface area contributed by atoms with Gasteiger partial charge in [-0.2, -0.15) is 0 Å². The zero-order chi connectivity index (χ0) is 15.8. The van der Waals surface area contributed by atoms with Crippen LogP contribution in [0.1, 0.15) is 23.3 Å². The Labute approximate surface area is 140 Å². The molecule has 0 nitrogen and oxygen atoms in total. The van der Waals surface area contributed by atoms with Crippen LogP contribution in [0.15, 0.2) is 54.6 Å². The first-order valence-corrected chi connectivity index (χ1v) is 8.96. The number of halogens is 1. The van der Waals surface area contributed by atoms with E-state index in [1.54, 1.807) is 17.4 Å². The SMILES string of the molecule is Cc1ccc(-c2ccc(-c3ccc(CC4CC4)s3)c(F)c2)cc1. The summed E-state index contributed by atoms with van der Waals surface area (Å²) < 4.78 is 14.6. The average molecular weight is 322 g/mol. The smallest absolute Gasteiger partial charge is 0.132 e. The van der Waals surface area contributed by atoms with E-state index in [1.165, 1.54) is 23.3 Å². The van der Waals surface area contributed by atoms with Crippen molar-refractivity contribution in [1.29, 1.82) is 0 Å². The minimum atomic E-state index is -0.136. The Morgan fingerprint density at radius 1 is 0.957 bits per heavy atom. The first kappa shape index (κ1) is 14.6.